The van der Waals surface area contributed by atoms with Crippen molar-refractivity contribution >= 4 is 0 Å². The van der Waals surface area contributed by atoms with E-state index >= 15 is 0 Å². The number of methoxy groups -OCH3 is 2. The van der Waals surface area contributed by atoms with Crippen LogP contribution in [0.1, 0.15) is 48.1 Å². The molecule has 0 radical (unpaired) electrons. The maximum absolute atomic E-state index is 10.5. The smallest absolute Gasteiger partial charge is 0.160 e. The first-order valence-electron chi connectivity index (χ1n) is 13.9. The Labute approximate surface area is 168 Å². The molecule has 0 fully saturated rings. The molecule has 1 atom stereocenters. The lowest BCUT2D eigenvalue weighted by molar-refractivity contribution is 0.0976. The molecule has 1 unspecified atom stereocenters. The van der Waals surface area contributed by atoms with Crippen LogP contribution >= 0.6 is 0 Å². The number of hydrogen-bond acceptors (Lipinski definition) is 4. The molecule has 0 bridgehead atoms. The quantitative estimate of drug-likeness (QED) is 0.693. The largest absolute Gasteiger partial charge is 0.493 e. The van der Waals surface area contributed by atoms with Gasteiger partial charge >= 0.3 is 0 Å². The van der Waals surface area contributed by atoms with Crippen LogP contribution in [0, 0.1) is 6.92 Å². The second-order valence-electron chi connectivity index (χ2n) is 4.78. The van der Waals surface area contributed by atoms with Gasteiger partial charge in [0, 0.05) is 8.22 Å². The Morgan fingerprint density at radius 2 is 1.92 bits per heavy atom. The molecule has 136 valence electrons. The Morgan fingerprint density at radius 1 is 1.12 bits per heavy atom. The Morgan fingerprint density at radius 3 is 2.68 bits per heavy atom. The molecule has 0 aliphatic carbocycles. The average Bonchev–Trinajstić information content (AvgIpc) is 2.82. The maximum atomic E-state index is 10.5. The van der Waals surface area contributed by atoms with Crippen LogP contribution in [0.3, 0.4) is 0 Å². The summed E-state index contributed by atoms with van der Waals surface area (Å²) in [4.78, 5) is 0. The van der Waals surface area contributed by atoms with Gasteiger partial charge in [-0.3, -0.25) is 0 Å². The molecule has 0 amide bonds. The first kappa shape index (κ1) is 8.00. The van der Waals surface area contributed by atoms with Crippen molar-refractivity contribution in [3.05, 3.63) is 53.4 Å². The fourth-order valence-electron chi connectivity index (χ4n) is 1.74. The third-order valence-electron chi connectivity index (χ3n) is 2.91. The zero-order chi connectivity index (χ0) is 29.5. The van der Waals surface area contributed by atoms with E-state index in [1.165, 1.54) is 6.92 Å². The molecule has 0 spiro atoms. The molecule has 0 aliphatic heterocycles. The van der Waals surface area contributed by atoms with Crippen molar-refractivity contribution in [1.29, 1.82) is 0 Å². The molecule has 4 heteroatoms. The number of aliphatic hydroxyl groups is 1. The molecule has 0 aromatic heterocycles. The van der Waals surface area contributed by atoms with Crippen molar-refractivity contribution in [1.82, 2.24) is 0 Å². The highest BCUT2D eigenvalue weighted by atomic mass is 16.5. The van der Waals surface area contributed by atoms with Gasteiger partial charge in [-0.2, -0.15) is 0 Å². The Hall–Kier alpha value is -2.20. The van der Waals surface area contributed by atoms with Crippen molar-refractivity contribution in [2.24, 2.45) is 0 Å². The van der Waals surface area contributed by atoms with Gasteiger partial charge in [0.05, 0.1) is 29.9 Å². The zero-order valence-electron chi connectivity index (χ0n) is 27.2. The van der Waals surface area contributed by atoms with E-state index in [1.54, 1.807) is 0 Å². The zero-order valence-corrected chi connectivity index (χ0v) is 14.2. The van der Waals surface area contributed by atoms with E-state index in [2.05, 4.69) is 0 Å². The van der Waals surface area contributed by atoms with Crippen LogP contribution in [0.25, 0.3) is 0 Å². The summed E-state index contributed by atoms with van der Waals surface area (Å²) in [5.74, 6) is -1.19. The molecule has 25 heavy (non-hydrogen) atoms. The van der Waals surface area contributed by atoms with Crippen molar-refractivity contribution < 1.29 is 37.1 Å². The van der Waals surface area contributed by atoms with Gasteiger partial charge < -0.3 is 19.3 Å². The second-order valence-corrected chi connectivity index (χ2v) is 4.78. The van der Waals surface area contributed by atoms with Crippen LogP contribution in [0.4, 0.5) is 0 Å². The lowest BCUT2D eigenvalue weighted by atomic mass is 10.0. The first-order chi connectivity index (χ1) is 17.3. The lowest BCUT2D eigenvalue weighted by Crippen LogP contribution is -2.17. The minimum absolute atomic E-state index is 0.0316. The number of hydrogen-bond donors (Lipinski definition) is 1. The van der Waals surface area contributed by atoms with Crippen LogP contribution in [0.2, 0.25) is 0 Å². The fraction of sp³-hybridized carbons (Fsp3) is 0.429. The molecule has 1 N–H and O–H groups in total. The van der Waals surface area contributed by atoms with E-state index in [9.17, 15) is 5.11 Å². The van der Waals surface area contributed by atoms with E-state index in [1.807, 2.05) is 0 Å². The van der Waals surface area contributed by atoms with E-state index < -0.39 is 91.6 Å². The van der Waals surface area contributed by atoms with Gasteiger partial charge in [0.2, 0.25) is 0 Å². The molecular formula is C21H28O4. The van der Waals surface area contributed by atoms with Crippen LogP contribution in [-0.2, 0) is 6.37 Å². The van der Waals surface area contributed by atoms with Gasteiger partial charge in [0.15, 0.2) is 11.5 Å². The van der Waals surface area contributed by atoms with Crippen molar-refractivity contribution in [3.63, 3.8) is 0 Å². The van der Waals surface area contributed by atoms with Crippen LogP contribution in [0.5, 0.6) is 17.2 Å². The summed E-state index contributed by atoms with van der Waals surface area (Å²) in [7, 11) is 2.27. The molecule has 4 nitrogen and oxygen atoms in total. The minimum atomic E-state index is -3.21. The maximum Gasteiger partial charge on any atom is 0.160 e. The summed E-state index contributed by atoms with van der Waals surface area (Å²) < 4.78 is 121. The SMILES string of the molecule is [2H]c1c([2H])c(C)c([2H])c(OCC(O)C([2H])([2H])CC([2H])([2H])C([2H])([2H])c2c([2H])c([2H])c(OC)c(OC)c2[2H])c1[2H]. The topological polar surface area (TPSA) is 47.9 Å². The minimum Gasteiger partial charge on any atom is -0.493 e. The number of ether oxygens (including phenoxy) is 3. The lowest BCUT2D eigenvalue weighted by Gasteiger charge is -2.13. The van der Waals surface area contributed by atoms with Crippen molar-refractivity contribution in [2.75, 3.05) is 20.8 Å². The van der Waals surface area contributed by atoms with E-state index in [0.717, 1.165) is 14.2 Å². The molecular weight excluding hydrogens is 316 g/mol. The molecule has 0 aliphatic rings. The third kappa shape index (κ3) is 6.31. The van der Waals surface area contributed by atoms with Crippen LogP contribution < -0.4 is 14.2 Å². The monoisotopic (exact) mass is 357 g/mol. The third-order valence-corrected chi connectivity index (χ3v) is 2.91. The van der Waals surface area contributed by atoms with E-state index in [0.29, 0.717) is 0 Å². The fourth-order valence-corrected chi connectivity index (χ4v) is 1.74. The van der Waals surface area contributed by atoms with Gasteiger partial charge in [-0.15, -0.1) is 0 Å². The Kier molecular flexibility index (Phi) is 3.18. The summed E-state index contributed by atoms with van der Waals surface area (Å²) in [5, 5.41) is 10.5. The molecule has 2 rings (SSSR count). The predicted molar refractivity (Wildman–Crippen MR) is 99.8 cm³/mol. The summed E-state index contributed by atoms with van der Waals surface area (Å²) in [6.45, 7) is 0.472. The van der Waals surface area contributed by atoms with Crippen molar-refractivity contribution in [2.45, 2.75) is 38.6 Å². The molecule has 2 aromatic rings. The van der Waals surface area contributed by atoms with Gasteiger partial charge in [-0.25, -0.2) is 0 Å². The number of rotatable bonds is 10. The highest BCUT2D eigenvalue weighted by Gasteiger charge is 2.07. The van der Waals surface area contributed by atoms with Gasteiger partial charge in [0.25, 0.3) is 0 Å². The number of aliphatic hydroxyl groups excluding tert-OH is 1. The summed E-state index contributed by atoms with van der Waals surface area (Å²) in [6.07, 6.45) is -12.6. The normalized spacial score (nSPS) is 21.0. The predicted octanol–water partition coefficient (Wildman–Crippen LogP) is 4.16. The van der Waals surface area contributed by atoms with Gasteiger partial charge in [-0.1, -0.05) is 24.5 Å². The summed E-state index contributed by atoms with van der Waals surface area (Å²) >= 11 is 0. The first-order valence-corrected chi connectivity index (χ1v) is 7.38. The molecule has 0 saturated heterocycles. The van der Waals surface area contributed by atoms with Gasteiger partial charge in [-0.05, 0) is 61.3 Å². The molecule has 0 saturated carbocycles. The van der Waals surface area contributed by atoms with Gasteiger partial charge in [0.1, 0.15) is 12.4 Å². The van der Waals surface area contributed by atoms with Crippen LogP contribution in [-0.4, -0.2) is 32.0 Å². The standard InChI is InChI=1S/C21H28O4/c1-16-7-6-10-19(13-16)25-15-18(22)9-5-4-8-17-11-12-20(23-2)21(14-17)24-3/h6-7,10-14,18,22H,4-5,8-9,15H2,1-3H3/i4D2,6D,7D,8D2,9D2,10D,11D,12D,13D,14D. The molecule has 0 heterocycles. The molecule has 2 aromatic carbocycles. The second kappa shape index (κ2) is 9.94. The summed E-state index contributed by atoms with van der Waals surface area (Å²) in [5.41, 5.74) is -0.831. The Bertz CT molecular complexity index is 1190. The van der Waals surface area contributed by atoms with Crippen LogP contribution in [0.15, 0.2) is 42.3 Å². The van der Waals surface area contributed by atoms with E-state index in [4.69, 9.17) is 32.0 Å². The number of benzene rings is 2. The Balaban J connectivity index is 2.40. The average molecular weight is 358 g/mol. The highest BCUT2D eigenvalue weighted by molar-refractivity contribution is 5.42. The highest BCUT2D eigenvalue weighted by Crippen LogP contribution is 2.28. The van der Waals surface area contributed by atoms with E-state index in [-0.39, 0.29) is 17.4 Å². The summed E-state index contributed by atoms with van der Waals surface area (Å²) in [6, 6.07) is -4.17. The van der Waals surface area contributed by atoms with Crippen molar-refractivity contribution in [3.8, 4) is 17.2 Å².